The van der Waals surface area contributed by atoms with E-state index in [1.54, 1.807) is 20.8 Å². The molecule has 5 nitrogen and oxygen atoms in total. The van der Waals surface area contributed by atoms with E-state index in [1.807, 2.05) is 0 Å². The van der Waals surface area contributed by atoms with Crippen LogP contribution >= 0.6 is 0 Å². The Kier molecular flexibility index (Phi) is 4.65. The van der Waals surface area contributed by atoms with Crippen LogP contribution in [0.5, 0.6) is 0 Å². The van der Waals surface area contributed by atoms with Crippen molar-refractivity contribution in [2.45, 2.75) is 83.0 Å². The van der Waals surface area contributed by atoms with Gasteiger partial charge in [0.25, 0.3) is 0 Å². The fourth-order valence-corrected chi connectivity index (χ4v) is 6.86. The van der Waals surface area contributed by atoms with Crippen LogP contribution in [0.1, 0.15) is 53.4 Å². The number of fused-ring (bicyclic) bond motifs is 5. The number of ketones is 1. The molecule has 4 aliphatic rings. The molecule has 4 aliphatic carbocycles. The standard InChI is InChI=1S/C23H30F2O5/c1-12(2)30-19(28)22(29)8-6-14-15-10-17(24)16-9-13(26)5-7-20(16,3)23(15,25)18(27)11-21(14,22)4/h5,7,9,12,14-15,17-18,27,29H,6,8,10-11H2,1-4H3. The molecule has 2 N–H and O–H groups in total. The van der Waals surface area contributed by atoms with Gasteiger partial charge >= 0.3 is 5.97 Å². The molecule has 0 spiro atoms. The molecule has 3 fully saturated rings. The van der Waals surface area contributed by atoms with Crippen molar-refractivity contribution in [3.8, 4) is 0 Å². The molecule has 4 rings (SSSR count). The zero-order valence-corrected chi connectivity index (χ0v) is 17.8. The largest absolute Gasteiger partial charge is 0.461 e. The van der Waals surface area contributed by atoms with Crippen molar-refractivity contribution >= 4 is 11.8 Å². The molecule has 0 heterocycles. The van der Waals surface area contributed by atoms with Crippen LogP contribution in [0.3, 0.4) is 0 Å². The molecule has 0 aromatic heterocycles. The van der Waals surface area contributed by atoms with E-state index in [9.17, 15) is 19.8 Å². The number of carbonyl (C=O) groups is 2. The highest BCUT2D eigenvalue weighted by Gasteiger charge is 2.75. The van der Waals surface area contributed by atoms with Crippen molar-refractivity contribution in [1.82, 2.24) is 0 Å². The van der Waals surface area contributed by atoms with Gasteiger partial charge in [-0.25, -0.2) is 13.6 Å². The zero-order chi connectivity index (χ0) is 22.3. The van der Waals surface area contributed by atoms with Gasteiger partial charge in [0.05, 0.1) is 12.2 Å². The van der Waals surface area contributed by atoms with E-state index < -0.39 is 64.1 Å². The molecule has 8 unspecified atom stereocenters. The highest BCUT2D eigenvalue weighted by molar-refractivity contribution is 6.01. The average molecular weight is 424 g/mol. The molecule has 3 saturated carbocycles. The molecule has 0 aromatic rings. The first-order chi connectivity index (χ1) is 13.8. The van der Waals surface area contributed by atoms with Crippen molar-refractivity contribution < 1.29 is 33.3 Å². The lowest BCUT2D eigenvalue weighted by molar-refractivity contribution is -0.229. The number of ether oxygens (including phenoxy) is 1. The Hall–Kier alpha value is -1.60. The quantitative estimate of drug-likeness (QED) is 0.666. The number of carbonyl (C=O) groups excluding carboxylic acids is 2. The van der Waals surface area contributed by atoms with E-state index in [4.69, 9.17) is 4.74 Å². The maximum Gasteiger partial charge on any atom is 0.338 e. The molecule has 0 aliphatic heterocycles. The van der Waals surface area contributed by atoms with Crippen LogP contribution in [0.2, 0.25) is 0 Å². The summed E-state index contributed by atoms with van der Waals surface area (Å²) in [5, 5.41) is 22.5. The topological polar surface area (TPSA) is 83.8 Å². The highest BCUT2D eigenvalue weighted by Crippen LogP contribution is 2.70. The normalized spacial score (nSPS) is 49.9. The number of aliphatic hydroxyl groups is 2. The van der Waals surface area contributed by atoms with Crippen LogP contribution in [0, 0.1) is 22.7 Å². The summed E-state index contributed by atoms with van der Waals surface area (Å²) >= 11 is 0. The van der Waals surface area contributed by atoms with Crippen LogP contribution in [-0.2, 0) is 14.3 Å². The Morgan fingerprint density at radius 1 is 1.30 bits per heavy atom. The number of hydrogen-bond donors (Lipinski definition) is 2. The fourth-order valence-electron chi connectivity index (χ4n) is 6.86. The number of allylic oxidation sites excluding steroid dienone is 4. The van der Waals surface area contributed by atoms with E-state index in [0.717, 1.165) is 6.08 Å². The number of hydrogen-bond acceptors (Lipinski definition) is 5. The molecule has 0 radical (unpaired) electrons. The average Bonchev–Trinajstić information content (AvgIpc) is 2.91. The number of esters is 1. The highest BCUT2D eigenvalue weighted by atomic mass is 19.1. The van der Waals surface area contributed by atoms with Crippen molar-refractivity contribution in [2.75, 3.05) is 0 Å². The number of halogens is 2. The monoisotopic (exact) mass is 424 g/mol. The second kappa shape index (κ2) is 6.45. The summed E-state index contributed by atoms with van der Waals surface area (Å²) in [6.07, 6.45) is 0.281. The van der Waals surface area contributed by atoms with E-state index in [-0.39, 0.29) is 24.8 Å². The lowest BCUT2D eigenvalue weighted by Crippen LogP contribution is -2.70. The second-order valence-electron chi connectivity index (χ2n) is 10.2. The molecular weight excluding hydrogens is 394 g/mol. The Labute approximate surface area is 175 Å². The minimum atomic E-state index is -2.21. The Morgan fingerprint density at radius 3 is 2.60 bits per heavy atom. The number of aliphatic hydroxyl groups excluding tert-OH is 1. The molecule has 7 heteroatoms. The number of rotatable bonds is 2. The fraction of sp³-hybridized carbons (Fsp3) is 0.739. The van der Waals surface area contributed by atoms with Crippen molar-refractivity contribution in [1.29, 1.82) is 0 Å². The SMILES string of the molecule is CC(C)OC(=O)C1(O)CCC2C3CC(F)C4=CC(=O)C=CC4(C)C3(F)C(O)CC21C. The summed E-state index contributed by atoms with van der Waals surface area (Å²) in [5.74, 6) is -2.60. The predicted octanol–water partition coefficient (Wildman–Crippen LogP) is 2.99. The minimum Gasteiger partial charge on any atom is -0.461 e. The van der Waals surface area contributed by atoms with E-state index in [0.29, 0.717) is 6.42 Å². The molecule has 8 atom stereocenters. The van der Waals surface area contributed by atoms with Crippen LogP contribution in [0.15, 0.2) is 23.8 Å². The van der Waals surface area contributed by atoms with Gasteiger partial charge in [0.15, 0.2) is 17.1 Å². The van der Waals surface area contributed by atoms with Crippen molar-refractivity contribution in [3.05, 3.63) is 23.8 Å². The van der Waals surface area contributed by atoms with Gasteiger partial charge in [0, 0.05) is 16.7 Å². The van der Waals surface area contributed by atoms with Gasteiger partial charge in [-0.3, -0.25) is 4.79 Å². The summed E-state index contributed by atoms with van der Waals surface area (Å²) in [6, 6.07) is 0. The number of alkyl halides is 2. The van der Waals surface area contributed by atoms with Crippen LogP contribution < -0.4 is 0 Å². The van der Waals surface area contributed by atoms with Gasteiger partial charge in [0.1, 0.15) is 6.17 Å². The Morgan fingerprint density at radius 2 is 1.97 bits per heavy atom. The second-order valence-corrected chi connectivity index (χ2v) is 10.2. The lowest BCUT2D eigenvalue weighted by Gasteiger charge is -2.62. The maximum absolute atomic E-state index is 16.9. The first kappa shape index (κ1) is 21.6. The van der Waals surface area contributed by atoms with Crippen LogP contribution in [0.25, 0.3) is 0 Å². The molecule has 0 bridgehead atoms. The maximum atomic E-state index is 16.9. The summed E-state index contributed by atoms with van der Waals surface area (Å²) < 4.78 is 37.4. The summed E-state index contributed by atoms with van der Waals surface area (Å²) in [7, 11) is 0. The molecule has 0 saturated heterocycles. The first-order valence-corrected chi connectivity index (χ1v) is 10.7. The Balaban J connectivity index is 1.79. The van der Waals surface area contributed by atoms with Gasteiger partial charge in [0.2, 0.25) is 0 Å². The van der Waals surface area contributed by atoms with E-state index >= 15 is 8.78 Å². The lowest BCUT2D eigenvalue weighted by atomic mass is 9.44. The van der Waals surface area contributed by atoms with Gasteiger partial charge < -0.3 is 14.9 Å². The molecular formula is C23H30F2O5. The molecule has 0 amide bonds. The molecule has 166 valence electrons. The third-order valence-electron chi connectivity index (χ3n) is 8.46. The third kappa shape index (κ3) is 2.45. The minimum absolute atomic E-state index is 0.0591. The van der Waals surface area contributed by atoms with Crippen LogP contribution in [-0.4, -0.2) is 51.6 Å². The van der Waals surface area contributed by atoms with E-state index in [1.165, 1.54) is 19.1 Å². The van der Waals surface area contributed by atoms with Gasteiger partial charge in [-0.1, -0.05) is 13.0 Å². The first-order valence-electron chi connectivity index (χ1n) is 10.7. The zero-order valence-electron chi connectivity index (χ0n) is 17.8. The smallest absolute Gasteiger partial charge is 0.338 e. The van der Waals surface area contributed by atoms with Gasteiger partial charge in [-0.15, -0.1) is 0 Å². The van der Waals surface area contributed by atoms with E-state index in [2.05, 4.69) is 0 Å². The van der Waals surface area contributed by atoms with Gasteiger partial charge in [-0.2, -0.15) is 0 Å². The molecule has 30 heavy (non-hydrogen) atoms. The summed E-state index contributed by atoms with van der Waals surface area (Å²) in [4.78, 5) is 24.6. The third-order valence-corrected chi connectivity index (χ3v) is 8.46. The van der Waals surface area contributed by atoms with Crippen LogP contribution in [0.4, 0.5) is 8.78 Å². The van der Waals surface area contributed by atoms with Crippen molar-refractivity contribution in [3.63, 3.8) is 0 Å². The van der Waals surface area contributed by atoms with Gasteiger partial charge in [-0.05, 0) is 70.1 Å². The summed E-state index contributed by atoms with van der Waals surface area (Å²) in [6.45, 7) is 6.56. The summed E-state index contributed by atoms with van der Waals surface area (Å²) in [5.41, 5.74) is -6.64. The van der Waals surface area contributed by atoms with Crippen molar-refractivity contribution in [2.24, 2.45) is 22.7 Å². The predicted molar refractivity (Wildman–Crippen MR) is 105 cm³/mol. The Bertz CT molecular complexity index is 853. The molecule has 0 aromatic carbocycles.